The lowest BCUT2D eigenvalue weighted by Crippen LogP contribution is -2.49. The maximum atomic E-state index is 4.67. The van der Waals surface area contributed by atoms with Crippen LogP contribution in [0.1, 0.15) is 6.92 Å². The van der Waals surface area contributed by atoms with Crippen molar-refractivity contribution >= 4 is 29.3 Å². The molecular formula is C13H17ClN4. The Bertz CT molecular complexity index is 531. The van der Waals surface area contributed by atoms with Crippen LogP contribution in [0.2, 0.25) is 0 Å². The zero-order chi connectivity index (χ0) is 11.7. The first kappa shape index (κ1) is 13.1. The summed E-state index contributed by atoms with van der Waals surface area (Å²) in [4.78, 5) is 11.4. The summed E-state index contributed by atoms with van der Waals surface area (Å²) in [6, 6.07) is 8.51. The number of benzene rings is 1. The number of halogens is 1. The predicted octanol–water partition coefficient (Wildman–Crippen LogP) is 1.85. The van der Waals surface area contributed by atoms with E-state index in [2.05, 4.69) is 27.1 Å². The van der Waals surface area contributed by atoms with Crippen molar-refractivity contribution in [3.05, 3.63) is 30.5 Å². The number of nitrogens with one attached hydrogen (secondary N) is 1. The summed E-state index contributed by atoms with van der Waals surface area (Å²) >= 11 is 0. The number of piperazine rings is 1. The van der Waals surface area contributed by atoms with Crippen molar-refractivity contribution in [3.8, 4) is 0 Å². The van der Waals surface area contributed by atoms with Gasteiger partial charge in [-0.15, -0.1) is 12.4 Å². The van der Waals surface area contributed by atoms with Crippen molar-refractivity contribution in [2.45, 2.75) is 13.0 Å². The first-order chi connectivity index (χ1) is 8.33. The van der Waals surface area contributed by atoms with E-state index in [9.17, 15) is 0 Å². The fourth-order valence-electron chi connectivity index (χ4n) is 2.24. The maximum Gasteiger partial charge on any atom is 0.147 e. The van der Waals surface area contributed by atoms with Crippen molar-refractivity contribution in [2.75, 3.05) is 24.5 Å². The van der Waals surface area contributed by atoms with Crippen LogP contribution in [0.5, 0.6) is 0 Å². The summed E-state index contributed by atoms with van der Waals surface area (Å²) < 4.78 is 0. The van der Waals surface area contributed by atoms with E-state index in [0.717, 1.165) is 36.5 Å². The lowest BCUT2D eigenvalue weighted by Gasteiger charge is -2.32. The van der Waals surface area contributed by atoms with Gasteiger partial charge in [0.2, 0.25) is 0 Å². The first-order valence-corrected chi connectivity index (χ1v) is 6.03. The summed E-state index contributed by atoms with van der Waals surface area (Å²) in [6.07, 6.45) is 1.88. The second-order valence-electron chi connectivity index (χ2n) is 4.52. The van der Waals surface area contributed by atoms with E-state index < -0.39 is 0 Å². The highest BCUT2D eigenvalue weighted by Crippen LogP contribution is 2.16. The van der Waals surface area contributed by atoms with Crippen molar-refractivity contribution in [3.63, 3.8) is 0 Å². The lowest BCUT2D eigenvalue weighted by atomic mass is 10.2. The second-order valence-corrected chi connectivity index (χ2v) is 4.52. The summed E-state index contributed by atoms with van der Waals surface area (Å²) in [6.45, 7) is 5.20. The van der Waals surface area contributed by atoms with Crippen LogP contribution in [0.25, 0.3) is 11.0 Å². The smallest absolute Gasteiger partial charge is 0.147 e. The van der Waals surface area contributed by atoms with Gasteiger partial charge in [0.25, 0.3) is 0 Å². The van der Waals surface area contributed by atoms with Gasteiger partial charge in [-0.3, -0.25) is 4.98 Å². The van der Waals surface area contributed by atoms with Crippen molar-refractivity contribution < 1.29 is 0 Å². The van der Waals surface area contributed by atoms with Gasteiger partial charge in [-0.2, -0.15) is 0 Å². The number of fused-ring (bicyclic) bond motifs is 1. The maximum absolute atomic E-state index is 4.67. The minimum atomic E-state index is 0. The van der Waals surface area contributed by atoms with Gasteiger partial charge in [0.15, 0.2) is 0 Å². The second kappa shape index (κ2) is 5.50. The van der Waals surface area contributed by atoms with Gasteiger partial charge < -0.3 is 10.2 Å². The van der Waals surface area contributed by atoms with Crippen LogP contribution in [-0.2, 0) is 0 Å². The van der Waals surface area contributed by atoms with Gasteiger partial charge >= 0.3 is 0 Å². The Morgan fingerprint density at radius 3 is 2.83 bits per heavy atom. The molecule has 1 aromatic carbocycles. The van der Waals surface area contributed by atoms with Crippen molar-refractivity contribution in [1.82, 2.24) is 15.3 Å². The van der Waals surface area contributed by atoms with E-state index in [-0.39, 0.29) is 12.4 Å². The van der Waals surface area contributed by atoms with Crippen LogP contribution < -0.4 is 10.2 Å². The van der Waals surface area contributed by atoms with Crippen LogP contribution in [0.3, 0.4) is 0 Å². The van der Waals surface area contributed by atoms with Gasteiger partial charge in [-0.05, 0) is 19.1 Å². The summed E-state index contributed by atoms with van der Waals surface area (Å²) in [5, 5.41) is 3.43. The molecule has 1 aromatic heterocycles. The molecule has 5 heteroatoms. The predicted molar refractivity (Wildman–Crippen MR) is 76.5 cm³/mol. The van der Waals surface area contributed by atoms with Crippen LogP contribution in [0, 0.1) is 0 Å². The van der Waals surface area contributed by atoms with E-state index in [1.807, 2.05) is 30.5 Å². The topological polar surface area (TPSA) is 41.1 Å². The molecule has 1 atom stereocenters. The number of nitrogens with zero attached hydrogens (tertiary/aromatic N) is 3. The number of para-hydroxylation sites is 2. The zero-order valence-electron chi connectivity index (χ0n) is 10.3. The average molecular weight is 265 g/mol. The van der Waals surface area contributed by atoms with Crippen LogP contribution in [-0.4, -0.2) is 35.6 Å². The Morgan fingerprint density at radius 1 is 1.28 bits per heavy atom. The van der Waals surface area contributed by atoms with Gasteiger partial charge in [-0.25, -0.2) is 4.98 Å². The molecule has 96 valence electrons. The van der Waals surface area contributed by atoms with Crippen molar-refractivity contribution in [1.29, 1.82) is 0 Å². The molecule has 0 spiro atoms. The fourth-order valence-corrected chi connectivity index (χ4v) is 2.24. The quantitative estimate of drug-likeness (QED) is 0.854. The zero-order valence-corrected chi connectivity index (χ0v) is 11.2. The normalized spacial score (nSPS) is 19.6. The minimum Gasteiger partial charge on any atom is -0.352 e. The molecule has 0 radical (unpaired) electrons. The fraction of sp³-hybridized carbons (Fsp3) is 0.385. The molecule has 1 fully saturated rings. The molecule has 2 aromatic rings. The van der Waals surface area contributed by atoms with Gasteiger partial charge in [0.1, 0.15) is 5.82 Å². The Labute approximate surface area is 113 Å². The van der Waals surface area contributed by atoms with E-state index in [4.69, 9.17) is 0 Å². The number of aromatic nitrogens is 2. The molecule has 2 heterocycles. The molecular weight excluding hydrogens is 248 g/mol. The van der Waals surface area contributed by atoms with E-state index in [1.54, 1.807) is 0 Å². The highest BCUT2D eigenvalue weighted by molar-refractivity contribution is 5.85. The Morgan fingerprint density at radius 2 is 2.06 bits per heavy atom. The summed E-state index contributed by atoms with van der Waals surface area (Å²) in [7, 11) is 0. The third-order valence-electron chi connectivity index (χ3n) is 3.13. The molecule has 1 N–H and O–H groups in total. The van der Waals surface area contributed by atoms with Crippen LogP contribution >= 0.6 is 12.4 Å². The Balaban J connectivity index is 0.00000120. The van der Waals surface area contributed by atoms with Crippen LogP contribution in [0.4, 0.5) is 5.82 Å². The summed E-state index contributed by atoms with van der Waals surface area (Å²) in [5.41, 5.74) is 1.93. The molecule has 0 amide bonds. The molecule has 1 aliphatic heterocycles. The van der Waals surface area contributed by atoms with E-state index in [1.165, 1.54) is 0 Å². The first-order valence-electron chi connectivity index (χ1n) is 6.03. The molecule has 18 heavy (non-hydrogen) atoms. The molecule has 0 bridgehead atoms. The van der Waals surface area contributed by atoms with Crippen molar-refractivity contribution in [2.24, 2.45) is 0 Å². The van der Waals surface area contributed by atoms with Gasteiger partial charge in [0, 0.05) is 25.7 Å². The molecule has 1 unspecified atom stereocenters. The van der Waals surface area contributed by atoms with Gasteiger partial charge in [0.05, 0.1) is 17.2 Å². The van der Waals surface area contributed by atoms with E-state index >= 15 is 0 Å². The lowest BCUT2D eigenvalue weighted by molar-refractivity contribution is 0.482. The minimum absolute atomic E-state index is 0. The van der Waals surface area contributed by atoms with Crippen LogP contribution in [0.15, 0.2) is 30.5 Å². The highest BCUT2D eigenvalue weighted by Gasteiger charge is 2.17. The summed E-state index contributed by atoms with van der Waals surface area (Å²) in [5.74, 6) is 0.983. The number of anilines is 1. The average Bonchev–Trinajstić information content (AvgIpc) is 2.38. The molecule has 1 aliphatic rings. The molecule has 3 rings (SSSR count). The molecule has 0 aliphatic carbocycles. The third kappa shape index (κ3) is 2.54. The van der Waals surface area contributed by atoms with E-state index in [0.29, 0.717) is 6.04 Å². The Hall–Kier alpha value is -1.39. The Kier molecular flexibility index (Phi) is 3.99. The largest absolute Gasteiger partial charge is 0.352 e. The SMILES string of the molecule is CC1CN(c2cnc3ccccc3n2)CCN1.Cl. The number of hydrogen-bond donors (Lipinski definition) is 1. The standard InChI is InChI=1S/C13H16N4.ClH/c1-10-9-17(7-6-14-10)13-8-15-11-4-2-3-5-12(11)16-13;/h2-5,8,10,14H,6-7,9H2,1H3;1H. The number of rotatable bonds is 1. The monoisotopic (exact) mass is 264 g/mol. The third-order valence-corrected chi connectivity index (χ3v) is 3.13. The molecule has 4 nitrogen and oxygen atoms in total. The molecule has 1 saturated heterocycles. The number of hydrogen-bond acceptors (Lipinski definition) is 4. The molecule has 0 saturated carbocycles. The highest BCUT2D eigenvalue weighted by atomic mass is 35.5. The van der Waals surface area contributed by atoms with Gasteiger partial charge in [-0.1, -0.05) is 12.1 Å².